The molecule has 0 bridgehead atoms. The Bertz CT molecular complexity index is 3320. The molecule has 25 heteroatoms. The SMILES string of the molecule is CS(=O)(=O)Nc1nn(CC(F)F)c2c(-n3c([C@H](Cc4cc(F)cc(F)c4)NC(=O)Cn4nc(C(F)(F)F)c5c4C(F)(F)C4CC54)nc4nc(-c5ccccc5F)ccc4c3=O)ccc(Cl)c12. The lowest BCUT2D eigenvalue weighted by atomic mass is 10.0. The number of rotatable bonds is 12. The Labute approximate surface area is 369 Å². The van der Waals surface area contributed by atoms with Crippen LogP contribution in [0.4, 0.5) is 49.7 Å². The molecular formula is C41H28ClF10N9O4S. The van der Waals surface area contributed by atoms with Crippen LogP contribution in [0.25, 0.3) is 38.9 Å². The van der Waals surface area contributed by atoms with Crippen molar-refractivity contribution in [1.82, 2.24) is 39.4 Å². The standard InChI is InChI=1S/C41H28ClF10N9O4S/c1-66(64,65)58-37-32-24(42)7-9-28(33(32)59(57-37)15-29(46)47)61-38(55-36-21(39(61)63)6-8-26(54-36)20-4-2-3-5-25(20)45)27(12-17-10-18(43)13-19(44)11-17)53-30(62)16-60-35-31(34(56-60)41(50,51)52)22-14-23(22)40(35,48)49/h2-11,13,22-23,27,29H,12,14-16H2,1H3,(H,53,62)(H,57,58)/t22?,23?,27-/m0/s1. The summed E-state index contributed by atoms with van der Waals surface area (Å²) in [5.41, 5.74) is -6.21. The van der Waals surface area contributed by atoms with Gasteiger partial charge in [-0.25, -0.2) is 40.3 Å². The number of carbonyl (C=O) groups excluding carboxylic acids is 1. The highest BCUT2D eigenvalue weighted by Gasteiger charge is 2.68. The van der Waals surface area contributed by atoms with E-state index in [0.29, 0.717) is 10.7 Å². The molecule has 1 amide bonds. The van der Waals surface area contributed by atoms with Gasteiger partial charge in [0.15, 0.2) is 17.2 Å². The maximum Gasteiger partial charge on any atom is 0.435 e. The van der Waals surface area contributed by atoms with Gasteiger partial charge in [0.2, 0.25) is 15.9 Å². The lowest BCUT2D eigenvalue weighted by molar-refractivity contribution is -0.142. The Morgan fingerprint density at radius 1 is 0.970 bits per heavy atom. The van der Waals surface area contributed by atoms with Crippen LogP contribution in [0.3, 0.4) is 0 Å². The number of sulfonamides is 1. The zero-order chi connectivity index (χ0) is 47.4. The second-order valence-corrected chi connectivity index (χ2v) is 17.8. The summed E-state index contributed by atoms with van der Waals surface area (Å²) in [7, 11) is -4.18. The lowest BCUT2D eigenvalue weighted by Crippen LogP contribution is -2.38. The third-order valence-corrected chi connectivity index (χ3v) is 11.9. The summed E-state index contributed by atoms with van der Waals surface area (Å²) in [5, 5.41) is 8.90. The summed E-state index contributed by atoms with van der Waals surface area (Å²) in [5.74, 6) is -11.9. The molecule has 0 spiro atoms. The van der Waals surface area contributed by atoms with Gasteiger partial charge in [0, 0.05) is 29.5 Å². The molecule has 2 N–H and O–H groups in total. The van der Waals surface area contributed by atoms with Crippen LogP contribution in [0.1, 0.15) is 46.7 Å². The van der Waals surface area contributed by atoms with E-state index in [4.69, 9.17) is 11.6 Å². The first-order chi connectivity index (χ1) is 31.0. The summed E-state index contributed by atoms with van der Waals surface area (Å²) in [6.45, 7) is -2.51. The molecule has 0 aliphatic heterocycles. The predicted octanol–water partition coefficient (Wildman–Crippen LogP) is 8.03. The summed E-state index contributed by atoms with van der Waals surface area (Å²) in [6.07, 6.45) is -8.59. The van der Waals surface area contributed by atoms with E-state index in [-0.39, 0.29) is 43.7 Å². The molecule has 9 rings (SSSR count). The molecule has 4 heterocycles. The molecule has 344 valence electrons. The number of hydrogen-bond acceptors (Lipinski definition) is 8. The van der Waals surface area contributed by atoms with Gasteiger partial charge < -0.3 is 5.32 Å². The highest BCUT2D eigenvalue weighted by Crippen LogP contribution is 2.68. The first-order valence-electron chi connectivity index (χ1n) is 19.4. The first-order valence-corrected chi connectivity index (χ1v) is 21.7. The summed E-state index contributed by atoms with van der Waals surface area (Å²) in [4.78, 5) is 38.1. The van der Waals surface area contributed by atoms with Crippen molar-refractivity contribution in [2.24, 2.45) is 5.92 Å². The fourth-order valence-electron chi connectivity index (χ4n) is 8.46. The molecule has 7 aromatic rings. The van der Waals surface area contributed by atoms with E-state index in [2.05, 4.69) is 30.2 Å². The zero-order valence-electron chi connectivity index (χ0n) is 33.3. The van der Waals surface area contributed by atoms with Gasteiger partial charge in [0.05, 0.1) is 45.0 Å². The Kier molecular flexibility index (Phi) is 10.7. The molecule has 3 aromatic carbocycles. The zero-order valence-corrected chi connectivity index (χ0v) is 34.9. The minimum Gasteiger partial charge on any atom is -0.344 e. The van der Waals surface area contributed by atoms with Gasteiger partial charge >= 0.3 is 6.18 Å². The fourth-order valence-corrected chi connectivity index (χ4v) is 9.20. The molecule has 0 saturated heterocycles. The van der Waals surface area contributed by atoms with Gasteiger partial charge in [-0.15, -0.1) is 0 Å². The lowest BCUT2D eigenvalue weighted by Gasteiger charge is -2.24. The second-order valence-electron chi connectivity index (χ2n) is 15.7. The maximum atomic E-state index is 15.5. The van der Waals surface area contributed by atoms with Crippen LogP contribution in [-0.4, -0.2) is 61.1 Å². The Morgan fingerprint density at radius 2 is 1.68 bits per heavy atom. The number of benzene rings is 3. The fraction of sp³-hybridized carbons (Fsp3) is 0.268. The van der Waals surface area contributed by atoms with Crippen LogP contribution in [0.2, 0.25) is 5.02 Å². The first kappa shape index (κ1) is 44.6. The second kappa shape index (κ2) is 15.8. The average Bonchev–Trinajstić information content (AvgIpc) is 3.73. The minimum atomic E-state index is -5.19. The topological polar surface area (TPSA) is 159 Å². The highest BCUT2D eigenvalue weighted by atomic mass is 35.5. The Morgan fingerprint density at radius 3 is 2.35 bits per heavy atom. The monoisotopic (exact) mass is 967 g/mol. The van der Waals surface area contributed by atoms with Crippen molar-refractivity contribution in [3.8, 4) is 16.9 Å². The summed E-state index contributed by atoms with van der Waals surface area (Å²) >= 11 is 6.53. The number of alkyl halides is 7. The van der Waals surface area contributed by atoms with Gasteiger partial charge in [-0.1, -0.05) is 23.7 Å². The minimum absolute atomic E-state index is 0.0624. The normalized spacial score (nSPS) is 17.0. The Hall–Kier alpha value is -6.56. The average molecular weight is 968 g/mol. The molecule has 2 unspecified atom stereocenters. The number of hydrogen-bond donors (Lipinski definition) is 2. The van der Waals surface area contributed by atoms with E-state index >= 15 is 13.2 Å². The van der Waals surface area contributed by atoms with Crippen LogP contribution in [0.5, 0.6) is 0 Å². The molecular weight excluding hydrogens is 940 g/mol. The number of aromatic nitrogens is 7. The van der Waals surface area contributed by atoms with Gasteiger partial charge in [-0.2, -0.15) is 32.1 Å². The highest BCUT2D eigenvalue weighted by molar-refractivity contribution is 7.92. The summed E-state index contributed by atoms with van der Waals surface area (Å²) in [6, 6.07) is 10.4. The van der Waals surface area contributed by atoms with E-state index in [9.17, 15) is 48.7 Å². The van der Waals surface area contributed by atoms with Crippen LogP contribution < -0.4 is 15.6 Å². The largest absolute Gasteiger partial charge is 0.435 e. The smallest absolute Gasteiger partial charge is 0.344 e. The number of pyridine rings is 1. The van der Waals surface area contributed by atoms with E-state index in [1.165, 1.54) is 30.3 Å². The molecule has 13 nitrogen and oxygen atoms in total. The van der Waals surface area contributed by atoms with Gasteiger partial charge in [0.1, 0.15) is 42.1 Å². The van der Waals surface area contributed by atoms with Crippen LogP contribution in [0.15, 0.2) is 71.5 Å². The maximum absolute atomic E-state index is 15.5. The van der Waals surface area contributed by atoms with E-state index in [1.54, 1.807) is 0 Å². The summed E-state index contributed by atoms with van der Waals surface area (Å²) < 4.78 is 175. The molecule has 2 aliphatic rings. The molecule has 1 saturated carbocycles. The van der Waals surface area contributed by atoms with Gasteiger partial charge in [0.25, 0.3) is 17.9 Å². The van der Waals surface area contributed by atoms with Crippen LogP contribution in [0, 0.1) is 23.4 Å². The third kappa shape index (κ3) is 7.98. The van der Waals surface area contributed by atoms with Crippen molar-refractivity contribution < 1.29 is 57.1 Å². The molecule has 3 atom stereocenters. The van der Waals surface area contributed by atoms with Crippen LogP contribution in [-0.2, 0) is 46.4 Å². The van der Waals surface area contributed by atoms with Gasteiger partial charge in [-0.05, 0) is 66.4 Å². The van der Waals surface area contributed by atoms with Crippen molar-refractivity contribution in [3.05, 3.63) is 128 Å². The van der Waals surface area contributed by atoms with Crippen molar-refractivity contribution in [3.63, 3.8) is 0 Å². The number of nitrogens with zero attached hydrogens (tertiary/aromatic N) is 7. The van der Waals surface area contributed by atoms with Gasteiger partial charge in [-0.3, -0.25) is 28.2 Å². The predicted molar refractivity (Wildman–Crippen MR) is 216 cm³/mol. The number of nitrogens with one attached hydrogen (secondary N) is 2. The number of fused-ring (bicyclic) bond motifs is 5. The quantitative estimate of drug-likeness (QED) is 0.117. The number of anilines is 1. The van der Waals surface area contributed by atoms with Crippen molar-refractivity contribution in [2.75, 3.05) is 11.0 Å². The third-order valence-electron chi connectivity index (χ3n) is 11.1. The van der Waals surface area contributed by atoms with Crippen LogP contribution >= 0.6 is 11.6 Å². The van der Waals surface area contributed by atoms with Crippen molar-refractivity contribution >= 4 is 55.3 Å². The molecule has 4 aromatic heterocycles. The number of carbonyl (C=O) groups is 1. The number of halogens is 11. The molecule has 66 heavy (non-hydrogen) atoms. The number of amides is 1. The van der Waals surface area contributed by atoms with E-state index < -0.39 is 140 Å². The molecule has 2 aliphatic carbocycles. The molecule has 1 fully saturated rings. The van der Waals surface area contributed by atoms with E-state index in [0.717, 1.165) is 41.2 Å². The van der Waals surface area contributed by atoms with Crippen molar-refractivity contribution in [1.29, 1.82) is 0 Å². The van der Waals surface area contributed by atoms with Crippen molar-refractivity contribution in [2.45, 2.75) is 56.4 Å². The molecule has 0 radical (unpaired) electrons. The van der Waals surface area contributed by atoms with E-state index in [1.807, 2.05) is 0 Å². The Balaban J connectivity index is 1.29.